The van der Waals surface area contributed by atoms with Crippen molar-refractivity contribution in [1.29, 1.82) is 0 Å². The predicted molar refractivity (Wildman–Crippen MR) is 92.5 cm³/mol. The monoisotopic (exact) mass is 386 g/mol. The Labute approximate surface area is 152 Å². The lowest BCUT2D eigenvalue weighted by molar-refractivity contribution is -0.274. The van der Waals surface area contributed by atoms with Crippen molar-refractivity contribution in [3.8, 4) is 5.75 Å². The second kappa shape index (κ2) is 7.77. The fourth-order valence-corrected chi connectivity index (χ4v) is 3.19. The zero-order valence-corrected chi connectivity index (χ0v) is 15.1. The first-order valence-corrected chi connectivity index (χ1v) is 8.35. The van der Waals surface area contributed by atoms with Gasteiger partial charge in [-0.1, -0.05) is 0 Å². The molecule has 1 heterocycles. The standard InChI is InChI=1S/C17H17F3N2O3S/c1-10-8-14(11(2)26-10)16(24)22(3)9-15(23)21-12-4-6-13(7-5-12)25-17(18,19)20/h4-8H,9H2,1-3H3,(H,21,23). The van der Waals surface area contributed by atoms with Crippen LogP contribution in [0.3, 0.4) is 0 Å². The smallest absolute Gasteiger partial charge is 0.406 e. The molecule has 1 aromatic carbocycles. The van der Waals surface area contributed by atoms with Gasteiger partial charge in [-0.25, -0.2) is 0 Å². The number of hydrogen-bond donors (Lipinski definition) is 1. The third-order valence-electron chi connectivity index (χ3n) is 3.37. The molecule has 0 aliphatic heterocycles. The minimum atomic E-state index is -4.77. The number of hydrogen-bond acceptors (Lipinski definition) is 4. The maximum absolute atomic E-state index is 12.4. The summed E-state index contributed by atoms with van der Waals surface area (Å²) >= 11 is 1.50. The normalized spacial score (nSPS) is 11.2. The molecule has 0 aliphatic carbocycles. The highest BCUT2D eigenvalue weighted by atomic mass is 32.1. The van der Waals surface area contributed by atoms with E-state index in [0.29, 0.717) is 11.3 Å². The first-order valence-electron chi connectivity index (χ1n) is 7.53. The minimum absolute atomic E-state index is 0.187. The summed E-state index contributed by atoms with van der Waals surface area (Å²) in [7, 11) is 1.51. The number of benzene rings is 1. The second-order valence-electron chi connectivity index (χ2n) is 5.61. The summed E-state index contributed by atoms with van der Waals surface area (Å²) in [4.78, 5) is 27.6. The Morgan fingerprint density at radius 2 is 1.81 bits per heavy atom. The summed E-state index contributed by atoms with van der Waals surface area (Å²) in [5, 5.41) is 2.52. The highest BCUT2D eigenvalue weighted by molar-refractivity contribution is 7.12. The molecule has 1 aromatic heterocycles. The summed E-state index contributed by atoms with van der Waals surface area (Å²) in [6.45, 7) is 3.55. The Bertz CT molecular complexity index is 801. The predicted octanol–water partition coefficient (Wildman–Crippen LogP) is 3.97. The van der Waals surface area contributed by atoms with E-state index in [-0.39, 0.29) is 18.2 Å². The molecule has 0 atom stereocenters. The third kappa shape index (κ3) is 5.48. The number of nitrogens with one attached hydrogen (secondary N) is 1. The van der Waals surface area contributed by atoms with E-state index in [1.54, 1.807) is 6.07 Å². The molecule has 9 heteroatoms. The maximum atomic E-state index is 12.4. The van der Waals surface area contributed by atoms with E-state index in [9.17, 15) is 22.8 Å². The van der Waals surface area contributed by atoms with Crippen LogP contribution in [0, 0.1) is 13.8 Å². The van der Waals surface area contributed by atoms with Crippen molar-refractivity contribution in [3.63, 3.8) is 0 Å². The lowest BCUT2D eigenvalue weighted by Gasteiger charge is -2.17. The Kier molecular flexibility index (Phi) is 5.91. The molecule has 0 saturated carbocycles. The molecular weight excluding hydrogens is 369 g/mol. The van der Waals surface area contributed by atoms with Crippen molar-refractivity contribution in [1.82, 2.24) is 4.90 Å². The molecule has 0 saturated heterocycles. The largest absolute Gasteiger partial charge is 0.573 e. The van der Waals surface area contributed by atoms with E-state index in [2.05, 4.69) is 10.1 Å². The van der Waals surface area contributed by atoms with Crippen molar-refractivity contribution in [2.45, 2.75) is 20.2 Å². The molecule has 0 spiro atoms. The van der Waals surface area contributed by atoms with Crippen molar-refractivity contribution in [2.24, 2.45) is 0 Å². The van der Waals surface area contributed by atoms with E-state index in [1.165, 1.54) is 35.4 Å². The molecule has 1 N–H and O–H groups in total. The van der Waals surface area contributed by atoms with Gasteiger partial charge in [-0.3, -0.25) is 9.59 Å². The number of carbonyl (C=O) groups excluding carboxylic acids is 2. The van der Waals surface area contributed by atoms with Gasteiger partial charge in [0.05, 0.1) is 12.1 Å². The number of halogens is 3. The number of anilines is 1. The van der Waals surface area contributed by atoms with Gasteiger partial charge in [0.2, 0.25) is 5.91 Å². The Hall–Kier alpha value is -2.55. The van der Waals surface area contributed by atoms with Gasteiger partial charge in [0, 0.05) is 22.5 Å². The van der Waals surface area contributed by atoms with E-state index in [0.717, 1.165) is 21.9 Å². The third-order valence-corrected chi connectivity index (χ3v) is 4.34. The fourth-order valence-electron chi connectivity index (χ4n) is 2.28. The van der Waals surface area contributed by atoms with Crippen LogP contribution in [0.1, 0.15) is 20.1 Å². The Morgan fingerprint density at radius 1 is 1.19 bits per heavy atom. The molecule has 5 nitrogen and oxygen atoms in total. The molecule has 2 amide bonds. The lowest BCUT2D eigenvalue weighted by Crippen LogP contribution is -2.35. The van der Waals surface area contributed by atoms with Crippen LogP contribution >= 0.6 is 11.3 Å². The number of rotatable bonds is 5. The summed E-state index contributed by atoms with van der Waals surface area (Å²) in [6, 6.07) is 6.53. The molecule has 0 bridgehead atoms. The van der Waals surface area contributed by atoms with Crippen LogP contribution in [0.4, 0.5) is 18.9 Å². The van der Waals surface area contributed by atoms with E-state index >= 15 is 0 Å². The number of thiophene rings is 1. The molecule has 0 unspecified atom stereocenters. The maximum Gasteiger partial charge on any atom is 0.573 e. The highest BCUT2D eigenvalue weighted by Gasteiger charge is 2.31. The van der Waals surface area contributed by atoms with Crippen LogP contribution < -0.4 is 10.1 Å². The summed E-state index contributed by atoms with van der Waals surface area (Å²) in [5.41, 5.74) is 0.851. The van der Waals surface area contributed by atoms with Crippen molar-refractivity contribution >= 4 is 28.8 Å². The SMILES string of the molecule is Cc1cc(C(=O)N(C)CC(=O)Nc2ccc(OC(F)(F)F)cc2)c(C)s1. The van der Waals surface area contributed by atoms with Crippen molar-refractivity contribution < 1.29 is 27.5 Å². The number of carbonyl (C=O) groups is 2. The molecule has 0 aliphatic rings. The molecule has 0 fully saturated rings. The van der Waals surface area contributed by atoms with E-state index in [1.807, 2.05) is 13.8 Å². The van der Waals surface area contributed by atoms with Crippen LogP contribution in [0.5, 0.6) is 5.75 Å². The van der Waals surface area contributed by atoms with Gasteiger partial charge < -0.3 is 15.0 Å². The molecule has 2 rings (SSSR count). The van der Waals surface area contributed by atoms with E-state index in [4.69, 9.17) is 0 Å². The van der Waals surface area contributed by atoms with Crippen molar-refractivity contribution in [3.05, 3.63) is 45.6 Å². The number of amides is 2. The summed E-state index contributed by atoms with van der Waals surface area (Å²) < 4.78 is 40.1. The van der Waals surface area contributed by atoms with Gasteiger partial charge >= 0.3 is 6.36 Å². The summed E-state index contributed by atoms with van der Waals surface area (Å²) in [6.07, 6.45) is -4.77. The van der Waals surface area contributed by atoms with Gasteiger partial charge in [0.15, 0.2) is 0 Å². The first kappa shape index (κ1) is 19.8. The number of likely N-dealkylation sites (N-methyl/N-ethyl adjacent to an activating group) is 1. The lowest BCUT2D eigenvalue weighted by atomic mass is 10.2. The zero-order chi connectivity index (χ0) is 19.5. The summed E-state index contributed by atoms with van der Waals surface area (Å²) in [5.74, 6) is -1.11. The van der Waals surface area contributed by atoms with Crippen LogP contribution in [-0.2, 0) is 4.79 Å². The average molecular weight is 386 g/mol. The van der Waals surface area contributed by atoms with Crippen LogP contribution in [-0.4, -0.2) is 36.7 Å². The number of alkyl halides is 3. The molecule has 2 aromatic rings. The van der Waals surface area contributed by atoms with Gasteiger partial charge in [-0.2, -0.15) is 0 Å². The van der Waals surface area contributed by atoms with Crippen LogP contribution in [0.2, 0.25) is 0 Å². The molecule has 140 valence electrons. The molecular formula is C17H17F3N2O3S. The minimum Gasteiger partial charge on any atom is -0.406 e. The van der Waals surface area contributed by atoms with Gasteiger partial charge in [-0.15, -0.1) is 24.5 Å². The molecule has 26 heavy (non-hydrogen) atoms. The quantitative estimate of drug-likeness (QED) is 0.846. The Balaban J connectivity index is 1.93. The van der Waals surface area contributed by atoms with Crippen LogP contribution in [0.15, 0.2) is 30.3 Å². The first-order chi connectivity index (χ1) is 12.0. The number of aryl methyl sites for hydroxylation is 2. The number of nitrogens with zero attached hydrogens (tertiary/aromatic N) is 1. The van der Waals surface area contributed by atoms with Crippen LogP contribution in [0.25, 0.3) is 0 Å². The highest BCUT2D eigenvalue weighted by Crippen LogP contribution is 2.24. The second-order valence-corrected chi connectivity index (χ2v) is 7.07. The topological polar surface area (TPSA) is 58.6 Å². The zero-order valence-electron chi connectivity index (χ0n) is 14.3. The van der Waals surface area contributed by atoms with Gasteiger partial charge in [-0.05, 0) is 44.2 Å². The average Bonchev–Trinajstić information content (AvgIpc) is 2.85. The fraction of sp³-hybridized carbons (Fsp3) is 0.294. The van der Waals surface area contributed by atoms with E-state index < -0.39 is 12.3 Å². The van der Waals surface area contributed by atoms with Crippen molar-refractivity contribution in [2.75, 3.05) is 18.9 Å². The Morgan fingerprint density at radius 3 is 2.31 bits per heavy atom. The van der Waals surface area contributed by atoms with Gasteiger partial charge in [0.1, 0.15) is 5.75 Å². The number of ether oxygens (including phenoxy) is 1. The van der Waals surface area contributed by atoms with Gasteiger partial charge in [0.25, 0.3) is 5.91 Å². The molecule has 0 radical (unpaired) electrons.